The summed E-state index contributed by atoms with van der Waals surface area (Å²) in [5.41, 5.74) is 3.44. The van der Waals surface area contributed by atoms with Gasteiger partial charge in [-0.15, -0.1) is 11.3 Å². The van der Waals surface area contributed by atoms with E-state index in [2.05, 4.69) is 41.7 Å². The molecule has 2 aromatic heterocycles. The monoisotopic (exact) mass is 272 g/mol. The Labute approximate surface area is 115 Å². The van der Waals surface area contributed by atoms with Crippen LogP contribution in [0, 0.1) is 11.7 Å². The van der Waals surface area contributed by atoms with Crippen LogP contribution in [-0.2, 0) is 0 Å². The van der Waals surface area contributed by atoms with Crippen molar-refractivity contribution in [2.45, 2.75) is 6.92 Å². The van der Waals surface area contributed by atoms with Crippen LogP contribution in [-0.4, -0.2) is 9.55 Å². The number of para-hydroxylation sites is 1. The minimum absolute atomic E-state index is 0.726. The van der Waals surface area contributed by atoms with Gasteiger partial charge >= 0.3 is 0 Å². The third-order valence-electron chi connectivity index (χ3n) is 2.86. The maximum atomic E-state index is 5.38. The first-order valence-electron chi connectivity index (χ1n) is 5.67. The molecule has 0 radical (unpaired) electrons. The molecular formula is C14H12N2S2. The molecule has 0 saturated heterocycles. The number of nitrogens with one attached hydrogen (secondary N) is 1. The number of benzene rings is 1. The van der Waals surface area contributed by atoms with Crippen molar-refractivity contribution in [3.8, 4) is 16.3 Å². The summed E-state index contributed by atoms with van der Waals surface area (Å²) in [6.45, 7) is 2.11. The summed E-state index contributed by atoms with van der Waals surface area (Å²) < 4.78 is 2.73. The second-order valence-corrected chi connectivity index (χ2v) is 5.41. The highest BCUT2D eigenvalue weighted by Crippen LogP contribution is 2.28. The molecular weight excluding hydrogens is 260 g/mol. The lowest BCUT2D eigenvalue weighted by molar-refractivity contribution is 1.03. The van der Waals surface area contributed by atoms with Crippen molar-refractivity contribution in [2.24, 2.45) is 0 Å². The van der Waals surface area contributed by atoms with E-state index in [1.807, 2.05) is 22.8 Å². The lowest BCUT2D eigenvalue weighted by Crippen LogP contribution is -1.90. The maximum absolute atomic E-state index is 5.38. The molecule has 0 atom stereocenters. The molecule has 3 rings (SSSR count). The molecule has 0 amide bonds. The third kappa shape index (κ3) is 1.94. The topological polar surface area (TPSA) is 20.7 Å². The lowest BCUT2D eigenvalue weighted by Gasteiger charge is -2.00. The van der Waals surface area contributed by atoms with Gasteiger partial charge in [-0.05, 0) is 48.3 Å². The van der Waals surface area contributed by atoms with Crippen LogP contribution in [0.3, 0.4) is 0 Å². The van der Waals surface area contributed by atoms with Crippen molar-refractivity contribution in [1.82, 2.24) is 9.55 Å². The average molecular weight is 272 g/mol. The van der Waals surface area contributed by atoms with Gasteiger partial charge < -0.3 is 4.98 Å². The van der Waals surface area contributed by atoms with E-state index in [9.17, 15) is 0 Å². The van der Waals surface area contributed by atoms with E-state index in [1.165, 1.54) is 10.4 Å². The Balaban J connectivity index is 2.13. The second kappa shape index (κ2) is 4.55. The molecule has 1 aromatic carbocycles. The van der Waals surface area contributed by atoms with Crippen LogP contribution in [0.1, 0.15) is 5.56 Å². The molecule has 18 heavy (non-hydrogen) atoms. The molecule has 0 bridgehead atoms. The normalized spacial score (nSPS) is 10.7. The molecule has 2 nitrogen and oxygen atoms in total. The van der Waals surface area contributed by atoms with Crippen LogP contribution in [0.15, 0.2) is 48.0 Å². The van der Waals surface area contributed by atoms with E-state index in [-0.39, 0.29) is 0 Å². The van der Waals surface area contributed by atoms with Gasteiger partial charge in [-0.25, -0.2) is 0 Å². The molecule has 90 valence electrons. The van der Waals surface area contributed by atoms with Crippen molar-refractivity contribution in [2.75, 3.05) is 0 Å². The summed E-state index contributed by atoms with van der Waals surface area (Å²) in [5.74, 6) is 0. The van der Waals surface area contributed by atoms with Crippen molar-refractivity contribution in [1.29, 1.82) is 0 Å². The van der Waals surface area contributed by atoms with E-state index in [1.54, 1.807) is 11.3 Å². The van der Waals surface area contributed by atoms with Crippen LogP contribution in [0.4, 0.5) is 0 Å². The zero-order chi connectivity index (χ0) is 12.5. The Kier molecular flexibility index (Phi) is 2.89. The number of imidazole rings is 1. The molecule has 4 heteroatoms. The second-order valence-electron chi connectivity index (χ2n) is 4.11. The zero-order valence-electron chi connectivity index (χ0n) is 9.88. The molecule has 0 fully saturated rings. The molecule has 0 spiro atoms. The number of aryl methyl sites for hydroxylation is 1. The number of nitrogens with zero attached hydrogens (tertiary/aromatic N) is 1. The lowest BCUT2D eigenvalue weighted by atomic mass is 10.2. The Morgan fingerprint density at radius 2 is 1.94 bits per heavy atom. The summed E-state index contributed by atoms with van der Waals surface area (Å²) in [5, 5.41) is 2.10. The van der Waals surface area contributed by atoms with E-state index in [0.29, 0.717) is 0 Å². The fourth-order valence-electron chi connectivity index (χ4n) is 1.94. The van der Waals surface area contributed by atoms with Crippen molar-refractivity contribution in [3.63, 3.8) is 0 Å². The third-order valence-corrected chi connectivity index (χ3v) is 4.21. The number of rotatable bonds is 2. The quantitative estimate of drug-likeness (QED) is 0.678. The van der Waals surface area contributed by atoms with Gasteiger partial charge in [0.05, 0.1) is 10.6 Å². The maximum Gasteiger partial charge on any atom is 0.182 e. The first-order chi connectivity index (χ1) is 8.75. The summed E-state index contributed by atoms with van der Waals surface area (Å²) in [4.78, 5) is 4.52. The van der Waals surface area contributed by atoms with Crippen molar-refractivity contribution in [3.05, 3.63) is 58.3 Å². The van der Waals surface area contributed by atoms with Gasteiger partial charge in [0.25, 0.3) is 0 Å². The number of aromatic amines is 1. The zero-order valence-corrected chi connectivity index (χ0v) is 11.5. The average Bonchev–Trinajstić information content (AvgIpc) is 2.96. The van der Waals surface area contributed by atoms with Gasteiger partial charge in [-0.1, -0.05) is 18.2 Å². The fraction of sp³-hybridized carbons (Fsp3) is 0.0714. The van der Waals surface area contributed by atoms with Gasteiger partial charge in [0.2, 0.25) is 0 Å². The highest BCUT2D eigenvalue weighted by Gasteiger charge is 2.08. The summed E-state index contributed by atoms with van der Waals surface area (Å²) >= 11 is 7.11. The molecule has 0 aliphatic carbocycles. The number of thiophene rings is 1. The Morgan fingerprint density at radius 1 is 1.17 bits per heavy atom. The van der Waals surface area contributed by atoms with Crippen LogP contribution in [0.25, 0.3) is 16.3 Å². The largest absolute Gasteiger partial charge is 0.330 e. The number of hydrogen-bond acceptors (Lipinski definition) is 2. The predicted octanol–water partition coefficient (Wildman–Crippen LogP) is 4.57. The molecule has 1 N–H and O–H groups in total. The van der Waals surface area contributed by atoms with Crippen molar-refractivity contribution < 1.29 is 0 Å². The molecule has 3 aromatic rings. The number of aromatic nitrogens is 2. The van der Waals surface area contributed by atoms with Gasteiger partial charge in [0.15, 0.2) is 4.77 Å². The van der Waals surface area contributed by atoms with Gasteiger partial charge in [0.1, 0.15) is 0 Å². The fourth-order valence-corrected chi connectivity index (χ4v) is 3.10. The molecule has 0 aliphatic rings. The Morgan fingerprint density at radius 3 is 2.61 bits per heavy atom. The highest BCUT2D eigenvalue weighted by atomic mass is 32.1. The van der Waals surface area contributed by atoms with E-state index in [0.717, 1.165) is 16.2 Å². The van der Waals surface area contributed by atoms with Gasteiger partial charge in [-0.3, -0.25) is 4.57 Å². The highest BCUT2D eigenvalue weighted by molar-refractivity contribution is 7.71. The minimum atomic E-state index is 0.726. The SMILES string of the molecule is Cc1ccsc1-c1cn(-c2ccccc2)c(=S)[nH]1. The van der Waals surface area contributed by atoms with Crippen LogP contribution in [0.2, 0.25) is 0 Å². The standard InChI is InChI=1S/C14H12N2S2/c1-10-7-8-18-13(10)12-9-16(14(17)15-12)11-5-3-2-4-6-11/h2-9H,1H3,(H,15,17). The first-order valence-corrected chi connectivity index (χ1v) is 6.96. The molecule has 0 unspecified atom stereocenters. The minimum Gasteiger partial charge on any atom is -0.330 e. The number of H-pyrrole nitrogens is 1. The van der Waals surface area contributed by atoms with Crippen LogP contribution >= 0.6 is 23.6 Å². The summed E-state index contributed by atoms with van der Waals surface area (Å²) in [7, 11) is 0. The Hall–Kier alpha value is -1.65. The van der Waals surface area contributed by atoms with E-state index < -0.39 is 0 Å². The predicted molar refractivity (Wildman–Crippen MR) is 79.0 cm³/mol. The molecule has 2 heterocycles. The number of hydrogen-bond donors (Lipinski definition) is 1. The first kappa shape index (κ1) is 11.4. The molecule has 0 saturated carbocycles. The van der Waals surface area contributed by atoms with E-state index in [4.69, 9.17) is 12.2 Å². The van der Waals surface area contributed by atoms with Gasteiger partial charge in [0, 0.05) is 11.9 Å². The van der Waals surface area contributed by atoms with E-state index >= 15 is 0 Å². The molecule has 0 aliphatic heterocycles. The summed E-state index contributed by atoms with van der Waals surface area (Å²) in [6.07, 6.45) is 2.07. The van der Waals surface area contributed by atoms with Crippen LogP contribution < -0.4 is 0 Å². The van der Waals surface area contributed by atoms with Gasteiger partial charge in [-0.2, -0.15) is 0 Å². The Bertz CT molecular complexity index is 720. The summed E-state index contributed by atoms with van der Waals surface area (Å²) in [6, 6.07) is 12.3. The van der Waals surface area contributed by atoms with Crippen LogP contribution in [0.5, 0.6) is 0 Å². The van der Waals surface area contributed by atoms with Crippen molar-refractivity contribution >= 4 is 23.6 Å². The smallest absolute Gasteiger partial charge is 0.182 e.